The molecule has 0 spiro atoms. The number of benzene rings is 3. The molecule has 3 aromatic rings. The number of carbonyl (C=O) groups excluding carboxylic acids is 1. The highest BCUT2D eigenvalue weighted by Gasteiger charge is 2.26. The summed E-state index contributed by atoms with van der Waals surface area (Å²) in [6, 6.07) is 23.9. The van der Waals surface area contributed by atoms with Crippen molar-refractivity contribution in [2.24, 2.45) is 0 Å². The number of ether oxygens (including phenoxy) is 4. The molecule has 0 saturated carbocycles. The van der Waals surface area contributed by atoms with Gasteiger partial charge in [-0.3, -0.25) is 0 Å². The van der Waals surface area contributed by atoms with Crippen LogP contribution in [0.2, 0.25) is 0 Å². The summed E-state index contributed by atoms with van der Waals surface area (Å²) in [5.74, 6) is 2.70. The zero-order chi connectivity index (χ0) is 36.2. The van der Waals surface area contributed by atoms with E-state index in [0.717, 1.165) is 66.7 Å². The van der Waals surface area contributed by atoms with Crippen molar-refractivity contribution in [3.8, 4) is 17.2 Å². The molecule has 1 amide bonds. The predicted octanol–water partition coefficient (Wildman–Crippen LogP) is 7.50. The lowest BCUT2D eigenvalue weighted by molar-refractivity contribution is 0.0240. The lowest BCUT2D eigenvalue weighted by atomic mass is 10.2. The lowest BCUT2D eigenvalue weighted by Gasteiger charge is -2.37. The van der Waals surface area contributed by atoms with E-state index in [9.17, 15) is 4.79 Å². The largest absolute Gasteiger partial charge is 0.496 e. The van der Waals surface area contributed by atoms with Gasteiger partial charge in [0.15, 0.2) is 0 Å². The topological polar surface area (TPSA) is 87.8 Å². The Balaban J connectivity index is 0.000000258. The first-order valence-electron chi connectivity index (χ1n) is 17.6. The molecule has 0 aromatic heterocycles. The van der Waals surface area contributed by atoms with Gasteiger partial charge in [-0.1, -0.05) is 42.8 Å². The molecule has 284 valence electrons. The maximum absolute atomic E-state index is 12.0. The van der Waals surface area contributed by atoms with Gasteiger partial charge < -0.3 is 44.3 Å². The molecule has 2 N–H and O–H groups in total. The Kier molecular flexibility index (Phi) is 20.6. The van der Waals surface area contributed by atoms with Crippen LogP contribution in [0.25, 0.3) is 0 Å². The number of rotatable bonds is 5. The van der Waals surface area contributed by atoms with Crippen molar-refractivity contribution in [2.45, 2.75) is 45.6 Å². The number of anilines is 2. The summed E-state index contributed by atoms with van der Waals surface area (Å²) in [7, 11) is 5.05. The first-order chi connectivity index (χ1) is 24.2. The Morgan fingerprint density at radius 2 is 1.04 bits per heavy atom. The molecule has 0 unspecified atom stereocenters. The average molecular weight is 793 g/mol. The normalized spacial score (nSPS) is 15.5. The van der Waals surface area contributed by atoms with Gasteiger partial charge in [0.1, 0.15) is 22.8 Å². The van der Waals surface area contributed by atoms with Crippen LogP contribution in [0.1, 0.15) is 40.0 Å². The summed E-state index contributed by atoms with van der Waals surface area (Å²) in [5, 5.41) is 6.62. The van der Waals surface area contributed by atoms with E-state index in [0.29, 0.717) is 13.1 Å². The molecule has 0 radical (unpaired) electrons. The molecule has 3 fully saturated rings. The minimum absolute atomic E-state index is 0. The number of halogens is 2. The Labute approximate surface area is 320 Å². The summed E-state index contributed by atoms with van der Waals surface area (Å²) in [6.45, 7) is 15.2. The van der Waals surface area contributed by atoms with Gasteiger partial charge in [-0.2, -0.15) is 0 Å². The molecule has 3 aliphatic heterocycles. The van der Waals surface area contributed by atoms with Gasteiger partial charge in [0.05, 0.1) is 37.2 Å². The molecule has 10 nitrogen and oxygen atoms in total. The molecule has 3 aromatic carbocycles. The minimum Gasteiger partial charge on any atom is -0.496 e. The molecule has 3 heterocycles. The van der Waals surface area contributed by atoms with Crippen molar-refractivity contribution in [3.05, 3.63) is 77.3 Å². The molecule has 51 heavy (non-hydrogen) atoms. The second-order valence-electron chi connectivity index (χ2n) is 13.0. The summed E-state index contributed by atoms with van der Waals surface area (Å²) in [5.41, 5.74) is 1.83. The number of piperazine rings is 2. The van der Waals surface area contributed by atoms with Crippen LogP contribution < -0.4 is 34.6 Å². The van der Waals surface area contributed by atoms with Gasteiger partial charge in [-0.25, -0.2) is 4.79 Å². The average Bonchev–Trinajstić information content (AvgIpc) is 3.16. The maximum Gasteiger partial charge on any atom is 0.410 e. The van der Waals surface area contributed by atoms with Crippen molar-refractivity contribution in [3.63, 3.8) is 0 Å². The number of amides is 1. The van der Waals surface area contributed by atoms with Gasteiger partial charge in [0.25, 0.3) is 0 Å². The molecule has 6 rings (SSSR count). The van der Waals surface area contributed by atoms with E-state index in [4.69, 9.17) is 18.9 Å². The fraction of sp³-hybridized carbons (Fsp3) is 0.513. The van der Waals surface area contributed by atoms with Crippen molar-refractivity contribution >= 4 is 45.8 Å². The van der Waals surface area contributed by atoms with Crippen LogP contribution in [0, 0.1) is 0 Å². The molecule has 0 atom stereocenters. The van der Waals surface area contributed by atoms with Gasteiger partial charge in [-0.15, -0.1) is 12.4 Å². The molecule has 0 aliphatic carbocycles. The number of para-hydroxylation sites is 5. The van der Waals surface area contributed by atoms with E-state index in [1.165, 1.54) is 38.0 Å². The Bertz CT molecular complexity index is 1380. The van der Waals surface area contributed by atoms with E-state index >= 15 is 0 Å². The Morgan fingerprint density at radius 3 is 1.43 bits per heavy atom. The molecule has 12 heteroatoms. The highest BCUT2D eigenvalue weighted by molar-refractivity contribution is 9.10. The number of nitrogens with one attached hydrogen (secondary N) is 2. The third kappa shape index (κ3) is 15.8. The van der Waals surface area contributed by atoms with E-state index in [1.807, 2.05) is 81.4 Å². The second-order valence-corrected chi connectivity index (χ2v) is 13.8. The van der Waals surface area contributed by atoms with Crippen LogP contribution >= 0.6 is 28.3 Å². The fourth-order valence-electron chi connectivity index (χ4n) is 5.56. The summed E-state index contributed by atoms with van der Waals surface area (Å²) in [4.78, 5) is 18.4. The van der Waals surface area contributed by atoms with E-state index < -0.39 is 5.60 Å². The lowest BCUT2D eigenvalue weighted by Crippen LogP contribution is -2.50. The van der Waals surface area contributed by atoms with Gasteiger partial charge >= 0.3 is 6.09 Å². The minimum atomic E-state index is -0.448. The van der Waals surface area contributed by atoms with E-state index in [2.05, 4.69) is 48.5 Å². The van der Waals surface area contributed by atoms with Crippen molar-refractivity contribution in [2.75, 3.05) is 96.6 Å². The molecular formula is C39H59BrClN5O5. The van der Waals surface area contributed by atoms with Gasteiger partial charge in [-0.05, 0) is 99.0 Å². The van der Waals surface area contributed by atoms with Crippen LogP contribution in [0.15, 0.2) is 77.3 Å². The van der Waals surface area contributed by atoms with Crippen LogP contribution in [0.5, 0.6) is 17.2 Å². The highest BCUT2D eigenvalue weighted by Crippen LogP contribution is 2.29. The summed E-state index contributed by atoms with van der Waals surface area (Å²) in [6.07, 6.45) is 3.98. The number of carbonyl (C=O) groups is 1. The third-order valence-corrected chi connectivity index (χ3v) is 8.82. The number of hydrogen-bond donors (Lipinski definition) is 2. The Hall–Kier alpha value is -3.38. The summed E-state index contributed by atoms with van der Waals surface area (Å²) < 4.78 is 22.1. The SMILES string of the molecule is C1CCNCC1.COc1ccccc1Br.COc1ccccc1N1CCN(C(=O)OC(C)(C)C)CC1.COc1ccccc1N1CCNCC1.Cl. The first kappa shape index (κ1) is 43.8. The van der Waals surface area contributed by atoms with E-state index in [1.54, 1.807) is 26.2 Å². The summed E-state index contributed by atoms with van der Waals surface area (Å²) >= 11 is 3.33. The maximum atomic E-state index is 12.0. The third-order valence-electron chi connectivity index (χ3n) is 8.16. The Morgan fingerprint density at radius 1 is 0.608 bits per heavy atom. The van der Waals surface area contributed by atoms with Gasteiger partial charge in [0.2, 0.25) is 0 Å². The zero-order valence-electron chi connectivity index (χ0n) is 31.3. The van der Waals surface area contributed by atoms with Crippen LogP contribution in [-0.4, -0.2) is 103 Å². The number of methoxy groups -OCH3 is 3. The molecular weight excluding hydrogens is 734 g/mol. The number of hydrogen-bond acceptors (Lipinski definition) is 9. The second kappa shape index (κ2) is 24.0. The molecule has 0 bridgehead atoms. The van der Waals surface area contributed by atoms with Crippen molar-refractivity contribution < 1.29 is 23.7 Å². The smallest absolute Gasteiger partial charge is 0.410 e. The van der Waals surface area contributed by atoms with Crippen molar-refractivity contribution in [1.82, 2.24) is 15.5 Å². The number of nitrogens with zero attached hydrogens (tertiary/aromatic N) is 3. The standard InChI is InChI=1S/C16H24N2O3.C11H16N2O.C7H7BrO.C5H11N.ClH/c1-16(2,3)21-15(19)18-11-9-17(10-12-18)13-7-5-6-8-14(13)20-4;1-14-11-5-3-2-4-10(11)13-8-6-12-7-9-13;1-9-7-5-3-2-4-6(7)8;1-2-4-6-5-3-1;/h5-8H,9-12H2,1-4H3;2-5,12H,6-9H2,1H3;2-5H,1H3;6H,1-5H2;1H. The van der Waals surface area contributed by atoms with Crippen molar-refractivity contribution in [1.29, 1.82) is 0 Å². The fourth-order valence-corrected chi connectivity index (χ4v) is 6.00. The first-order valence-corrected chi connectivity index (χ1v) is 18.4. The monoisotopic (exact) mass is 791 g/mol. The van der Waals surface area contributed by atoms with Crippen LogP contribution in [0.3, 0.4) is 0 Å². The van der Waals surface area contributed by atoms with Crippen LogP contribution in [0.4, 0.5) is 16.2 Å². The van der Waals surface area contributed by atoms with Gasteiger partial charge in [0, 0.05) is 52.4 Å². The van der Waals surface area contributed by atoms with Crippen LogP contribution in [-0.2, 0) is 4.74 Å². The molecule has 3 saturated heterocycles. The highest BCUT2D eigenvalue weighted by atomic mass is 79.9. The number of piperidine rings is 1. The van der Waals surface area contributed by atoms with E-state index in [-0.39, 0.29) is 18.5 Å². The zero-order valence-corrected chi connectivity index (χ0v) is 33.7. The predicted molar refractivity (Wildman–Crippen MR) is 216 cm³/mol. The molecule has 3 aliphatic rings. The quantitative estimate of drug-likeness (QED) is 0.273.